The molecule has 4 heteroatoms. The number of piperidine rings is 1. The molecule has 0 N–H and O–H groups in total. The first kappa shape index (κ1) is 12.8. The number of thiol groups is 1. The molecule has 3 nitrogen and oxygen atoms in total. The summed E-state index contributed by atoms with van der Waals surface area (Å²) in [6.45, 7) is 7.36. The average molecular weight is 230 g/mol. The number of carbonyl (C=O) groups excluding carboxylic acids is 1. The Hall–Kier alpha value is -0.220. The molecule has 88 valence electrons. The summed E-state index contributed by atoms with van der Waals surface area (Å²) in [6.07, 6.45) is 2.19. The molecule has 15 heavy (non-hydrogen) atoms. The molecule has 0 saturated carbocycles. The predicted octanol–water partition coefficient (Wildman–Crippen LogP) is 1.25. The molecule has 1 saturated heterocycles. The van der Waals surface area contributed by atoms with Crippen LogP contribution in [0.4, 0.5) is 0 Å². The van der Waals surface area contributed by atoms with Gasteiger partial charge in [0.1, 0.15) is 0 Å². The van der Waals surface area contributed by atoms with Crippen molar-refractivity contribution < 1.29 is 4.79 Å². The minimum Gasteiger partial charge on any atom is -0.342 e. The van der Waals surface area contributed by atoms with E-state index in [0.29, 0.717) is 6.04 Å². The van der Waals surface area contributed by atoms with Crippen LogP contribution in [-0.4, -0.2) is 53.7 Å². The minimum absolute atomic E-state index is 0.147. The first-order chi connectivity index (χ1) is 7.06. The first-order valence-electron chi connectivity index (χ1n) is 5.73. The monoisotopic (exact) mass is 230 g/mol. The highest BCUT2D eigenvalue weighted by Crippen LogP contribution is 2.16. The topological polar surface area (TPSA) is 23.6 Å². The Kier molecular flexibility index (Phi) is 4.93. The Labute approximate surface area is 98.2 Å². The quantitative estimate of drug-likeness (QED) is 0.738. The van der Waals surface area contributed by atoms with E-state index in [9.17, 15) is 4.79 Å². The van der Waals surface area contributed by atoms with Gasteiger partial charge in [0.05, 0.1) is 5.25 Å². The predicted molar refractivity (Wildman–Crippen MR) is 66.4 cm³/mol. The van der Waals surface area contributed by atoms with Crippen LogP contribution in [0.2, 0.25) is 0 Å². The Balaban J connectivity index is 2.42. The average Bonchev–Trinajstić information content (AvgIpc) is 2.27. The zero-order valence-electron chi connectivity index (χ0n) is 9.94. The fraction of sp³-hybridized carbons (Fsp3) is 0.909. The molecule has 1 aliphatic heterocycles. The molecule has 1 aliphatic rings. The van der Waals surface area contributed by atoms with E-state index in [1.807, 2.05) is 18.9 Å². The van der Waals surface area contributed by atoms with Crippen molar-refractivity contribution in [2.75, 3.05) is 26.7 Å². The number of hydrogen-bond acceptors (Lipinski definition) is 3. The fourth-order valence-electron chi connectivity index (χ4n) is 2.10. The number of likely N-dealkylation sites (tertiary alicyclic amines) is 1. The van der Waals surface area contributed by atoms with Gasteiger partial charge in [-0.15, -0.1) is 0 Å². The van der Waals surface area contributed by atoms with E-state index in [-0.39, 0.29) is 11.2 Å². The van der Waals surface area contributed by atoms with Crippen molar-refractivity contribution in [2.24, 2.45) is 0 Å². The van der Waals surface area contributed by atoms with E-state index in [1.54, 1.807) is 0 Å². The van der Waals surface area contributed by atoms with Gasteiger partial charge in [0.25, 0.3) is 0 Å². The van der Waals surface area contributed by atoms with Crippen molar-refractivity contribution >= 4 is 18.5 Å². The number of nitrogens with zero attached hydrogens (tertiary/aromatic N) is 2. The van der Waals surface area contributed by atoms with E-state index in [0.717, 1.165) is 32.5 Å². The third-order valence-electron chi connectivity index (χ3n) is 3.26. The van der Waals surface area contributed by atoms with E-state index in [4.69, 9.17) is 0 Å². The first-order valence-corrected chi connectivity index (χ1v) is 6.25. The number of carbonyl (C=O) groups is 1. The molecule has 0 aromatic heterocycles. The summed E-state index contributed by atoms with van der Waals surface area (Å²) < 4.78 is 0. The van der Waals surface area contributed by atoms with E-state index in [2.05, 4.69) is 24.5 Å². The summed E-state index contributed by atoms with van der Waals surface area (Å²) in [4.78, 5) is 16.0. The molecule has 1 rings (SSSR count). The zero-order valence-corrected chi connectivity index (χ0v) is 10.8. The number of rotatable bonds is 3. The molecule has 0 aromatic carbocycles. The van der Waals surface area contributed by atoms with Crippen molar-refractivity contribution in [3.63, 3.8) is 0 Å². The molecular formula is C11H22N2OS. The van der Waals surface area contributed by atoms with Crippen molar-refractivity contribution in [3.05, 3.63) is 0 Å². The Morgan fingerprint density at radius 3 is 2.47 bits per heavy atom. The highest BCUT2D eigenvalue weighted by atomic mass is 32.1. The molecule has 1 amide bonds. The smallest absolute Gasteiger partial charge is 0.235 e. The van der Waals surface area contributed by atoms with Crippen LogP contribution in [0, 0.1) is 0 Å². The van der Waals surface area contributed by atoms with Gasteiger partial charge in [-0.25, -0.2) is 0 Å². The molecule has 0 radical (unpaired) electrons. The van der Waals surface area contributed by atoms with Crippen LogP contribution in [0.3, 0.4) is 0 Å². The third-order valence-corrected chi connectivity index (χ3v) is 3.48. The maximum Gasteiger partial charge on any atom is 0.235 e. The lowest BCUT2D eigenvalue weighted by molar-refractivity contribution is -0.131. The molecule has 0 bridgehead atoms. The summed E-state index contributed by atoms with van der Waals surface area (Å²) in [6, 6.07) is 0.412. The lowest BCUT2D eigenvalue weighted by Gasteiger charge is -2.36. The maximum absolute atomic E-state index is 11.7. The van der Waals surface area contributed by atoms with Crippen molar-refractivity contribution in [1.29, 1.82) is 0 Å². The van der Waals surface area contributed by atoms with Crippen LogP contribution in [0.25, 0.3) is 0 Å². The Morgan fingerprint density at radius 2 is 2.07 bits per heavy atom. The van der Waals surface area contributed by atoms with Crippen molar-refractivity contribution in [2.45, 2.75) is 38.0 Å². The summed E-state index contributed by atoms with van der Waals surface area (Å²) >= 11 is 4.19. The van der Waals surface area contributed by atoms with Crippen LogP contribution in [-0.2, 0) is 4.79 Å². The van der Waals surface area contributed by atoms with Gasteiger partial charge in [-0.3, -0.25) is 4.79 Å². The van der Waals surface area contributed by atoms with Gasteiger partial charge < -0.3 is 9.80 Å². The van der Waals surface area contributed by atoms with Gasteiger partial charge in [-0.05, 0) is 26.3 Å². The van der Waals surface area contributed by atoms with Gasteiger partial charge in [0.2, 0.25) is 5.91 Å². The standard InChI is InChI=1S/C11H22N2OS/c1-4-13-7-5-10(6-8-13)12(3)11(14)9(2)15/h9-10,15H,4-8H2,1-3H3. The van der Waals surface area contributed by atoms with Gasteiger partial charge in [-0.2, -0.15) is 12.6 Å². The van der Waals surface area contributed by atoms with Crippen LogP contribution in [0.1, 0.15) is 26.7 Å². The summed E-state index contributed by atoms with van der Waals surface area (Å²) in [5.74, 6) is 0.147. The lowest BCUT2D eigenvalue weighted by Crippen LogP contribution is -2.47. The zero-order chi connectivity index (χ0) is 11.4. The van der Waals surface area contributed by atoms with Gasteiger partial charge >= 0.3 is 0 Å². The molecule has 1 atom stereocenters. The summed E-state index contributed by atoms with van der Waals surface area (Å²) in [5, 5.41) is -0.181. The van der Waals surface area contributed by atoms with Crippen LogP contribution in [0.15, 0.2) is 0 Å². The van der Waals surface area contributed by atoms with Crippen LogP contribution >= 0.6 is 12.6 Å². The largest absolute Gasteiger partial charge is 0.342 e. The van der Waals surface area contributed by atoms with Crippen LogP contribution in [0.5, 0.6) is 0 Å². The highest BCUT2D eigenvalue weighted by molar-refractivity contribution is 7.81. The van der Waals surface area contributed by atoms with Crippen molar-refractivity contribution in [1.82, 2.24) is 9.80 Å². The molecule has 1 unspecified atom stereocenters. The second-order valence-corrected chi connectivity index (χ2v) is 5.07. The second-order valence-electron chi connectivity index (χ2n) is 4.29. The summed E-state index contributed by atoms with van der Waals surface area (Å²) in [7, 11) is 1.90. The van der Waals surface area contributed by atoms with Gasteiger partial charge in [-0.1, -0.05) is 6.92 Å². The Morgan fingerprint density at radius 1 is 1.53 bits per heavy atom. The highest BCUT2D eigenvalue weighted by Gasteiger charge is 2.25. The van der Waals surface area contributed by atoms with E-state index >= 15 is 0 Å². The fourth-order valence-corrected chi connectivity index (χ4v) is 2.28. The van der Waals surface area contributed by atoms with E-state index in [1.165, 1.54) is 0 Å². The molecular weight excluding hydrogens is 208 g/mol. The van der Waals surface area contributed by atoms with Crippen LogP contribution < -0.4 is 0 Å². The molecule has 0 aliphatic carbocycles. The van der Waals surface area contributed by atoms with Gasteiger partial charge in [0.15, 0.2) is 0 Å². The van der Waals surface area contributed by atoms with Crippen molar-refractivity contribution in [3.8, 4) is 0 Å². The lowest BCUT2D eigenvalue weighted by atomic mass is 10.0. The summed E-state index contributed by atoms with van der Waals surface area (Å²) in [5.41, 5.74) is 0. The number of hydrogen-bond donors (Lipinski definition) is 1. The molecule has 1 heterocycles. The number of amides is 1. The SMILES string of the molecule is CCN1CCC(N(C)C(=O)C(C)S)CC1. The minimum atomic E-state index is -0.181. The second kappa shape index (κ2) is 5.75. The van der Waals surface area contributed by atoms with Gasteiger partial charge in [0, 0.05) is 26.2 Å². The molecule has 1 fully saturated rings. The maximum atomic E-state index is 11.7. The third kappa shape index (κ3) is 3.38. The molecule has 0 aromatic rings. The molecule has 0 spiro atoms. The van der Waals surface area contributed by atoms with E-state index < -0.39 is 0 Å². The normalized spacial score (nSPS) is 21.3. The Bertz CT molecular complexity index is 213.